The molecule has 0 saturated carbocycles. The first-order valence-corrected chi connectivity index (χ1v) is 8.11. The third-order valence-electron chi connectivity index (χ3n) is 3.40. The molecule has 5 N–H and O–H groups in total. The molecule has 0 amide bonds. The van der Waals surface area contributed by atoms with Gasteiger partial charge in [-0.25, -0.2) is 0 Å². The van der Waals surface area contributed by atoms with Crippen molar-refractivity contribution in [2.24, 2.45) is 0 Å². The largest absolute Gasteiger partial charge is 0.462 e. The number of hydrogen-bond acceptors (Lipinski definition) is 7. The van der Waals surface area contributed by atoms with Crippen molar-refractivity contribution in [3.8, 4) is 47.5 Å². The van der Waals surface area contributed by atoms with Crippen LogP contribution >= 0.6 is 0 Å². The average Bonchev–Trinajstić information content (AvgIpc) is 2.64. The predicted molar refractivity (Wildman–Crippen MR) is 91.2 cm³/mol. The fourth-order valence-electron chi connectivity index (χ4n) is 2.03. The number of rotatable bonds is 5. The van der Waals surface area contributed by atoms with Crippen LogP contribution < -0.4 is 0 Å². The van der Waals surface area contributed by atoms with E-state index in [0.29, 0.717) is 0 Å². The highest BCUT2D eigenvalue weighted by Gasteiger charge is 2.44. The Morgan fingerprint density at radius 2 is 1.69 bits per heavy atom. The quantitative estimate of drug-likeness (QED) is 0.386. The van der Waals surface area contributed by atoms with E-state index in [4.69, 9.17) is 19.7 Å². The molecule has 0 aliphatic carbocycles. The monoisotopic (exact) mass is 362 g/mol. The maximum absolute atomic E-state index is 9.92. The van der Waals surface area contributed by atoms with Gasteiger partial charge in [0.05, 0.1) is 6.61 Å². The van der Waals surface area contributed by atoms with E-state index in [1.54, 1.807) is 6.11 Å². The summed E-state index contributed by atoms with van der Waals surface area (Å²) in [4.78, 5) is 0. The Bertz CT molecular complexity index is 672. The van der Waals surface area contributed by atoms with Crippen LogP contribution in [0.4, 0.5) is 0 Å². The molecule has 0 radical (unpaired) electrons. The Morgan fingerprint density at radius 1 is 1.00 bits per heavy atom. The van der Waals surface area contributed by atoms with E-state index in [1.807, 2.05) is 6.92 Å². The minimum atomic E-state index is -1.56. The van der Waals surface area contributed by atoms with Gasteiger partial charge >= 0.3 is 0 Å². The zero-order valence-corrected chi connectivity index (χ0v) is 14.3. The Hall–Kier alpha value is -2.20. The van der Waals surface area contributed by atoms with Crippen molar-refractivity contribution in [3.63, 3.8) is 0 Å². The van der Waals surface area contributed by atoms with Crippen LogP contribution in [0.1, 0.15) is 26.2 Å². The molecule has 6 atom stereocenters. The third-order valence-corrected chi connectivity index (χ3v) is 3.40. The first-order chi connectivity index (χ1) is 12.5. The summed E-state index contributed by atoms with van der Waals surface area (Å²) in [6.07, 6.45) is -4.55. The molecule has 1 saturated heterocycles. The molecule has 0 spiro atoms. The molecular formula is C19H22O7. The van der Waals surface area contributed by atoms with E-state index >= 15 is 0 Å². The summed E-state index contributed by atoms with van der Waals surface area (Å²) < 4.78 is 10.6. The molecule has 7 nitrogen and oxygen atoms in total. The molecule has 1 fully saturated rings. The first-order valence-electron chi connectivity index (χ1n) is 8.11. The molecule has 7 heteroatoms. The molecule has 26 heavy (non-hydrogen) atoms. The lowest BCUT2D eigenvalue weighted by molar-refractivity contribution is -0.306. The van der Waals surface area contributed by atoms with Crippen molar-refractivity contribution in [2.75, 3.05) is 6.61 Å². The summed E-state index contributed by atoms with van der Waals surface area (Å²) in [5.74, 6) is 18.2. The van der Waals surface area contributed by atoms with Gasteiger partial charge in [0.2, 0.25) is 0 Å². The summed E-state index contributed by atoms with van der Waals surface area (Å²) in [7, 11) is 0. The summed E-state index contributed by atoms with van der Waals surface area (Å²) in [6.45, 7) is 1.44. The van der Waals surface area contributed by atoms with E-state index in [0.717, 1.165) is 12.8 Å². The van der Waals surface area contributed by atoms with Crippen molar-refractivity contribution in [2.45, 2.75) is 63.0 Å². The maximum Gasteiger partial charge on any atom is 0.188 e. The third kappa shape index (κ3) is 6.96. The van der Waals surface area contributed by atoms with Gasteiger partial charge in [-0.2, -0.15) is 0 Å². The lowest BCUT2D eigenvalue weighted by Crippen LogP contribution is -2.59. The first kappa shape index (κ1) is 21.8. The van der Waals surface area contributed by atoms with Crippen molar-refractivity contribution in [1.82, 2.24) is 0 Å². The number of aliphatic hydroxyl groups excluding tert-OH is 5. The van der Waals surface area contributed by atoms with E-state index in [9.17, 15) is 15.3 Å². The fraction of sp³-hybridized carbons (Fsp3) is 0.579. The Balaban J connectivity index is 2.68. The highest BCUT2D eigenvalue weighted by atomic mass is 16.7. The molecule has 1 aliphatic heterocycles. The normalized spacial score (nSPS) is 28.0. The van der Waals surface area contributed by atoms with Gasteiger partial charge in [-0.3, -0.25) is 0 Å². The number of hydrogen-bond donors (Lipinski definition) is 5. The van der Waals surface area contributed by atoms with Crippen LogP contribution in [-0.2, 0) is 9.47 Å². The minimum Gasteiger partial charge on any atom is -0.462 e. The summed E-state index contributed by atoms with van der Waals surface area (Å²) >= 11 is 0. The molecule has 0 bridgehead atoms. The van der Waals surface area contributed by atoms with Crippen molar-refractivity contribution in [1.29, 1.82) is 0 Å². The number of unbranched alkanes of at least 4 members (excludes halogenated alkanes) is 1. The van der Waals surface area contributed by atoms with E-state index in [2.05, 4.69) is 41.4 Å². The Morgan fingerprint density at radius 3 is 2.31 bits per heavy atom. The van der Waals surface area contributed by atoms with Gasteiger partial charge in [0.15, 0.2) is 6.29 Å². The molecule has 140 valence electrons. The highest BCUT2D eigenvalue weighted by molar-refractivity contribution is 5.35. The SMILES string of the molecule is CCCC#CC#CC#CCC(C#CO)OC1O[C@H](CO)[C@@H](O)[C@H](O)[C@@H]1O. The van der Waals surface area contributed by atoms with Crippen molar-refractivity contribution >= 4 is 0 Å². The van der Waals surface area contributed by atoms with Crippen molar-refractivity contribution in [3.05, 3.63) is 0 Å². The second kappa shape index (κ2) is 12.2. The topological polar surface area (TPSA) is 120 Å². The van der Waals surface area contributed by atoms with Crippen LogP contribution in [0.2, 0.25) is 0 Å². The summed E-state index contributed by atoms with van der Waals surface area (Å²) in [6, 6.07) is 0. The maximum atomic E-state index is 9.92. The minimum absolute atomic E-state index is 0.0413. The molecule has 0 aromatic rings. The summed E-state index contributed by atoms with van der Waals surface area (Å²) in [5.41, 5.74) is 0. The van der Waals surface area contributed by atoms with Crippen molar-refractivity contribution < 1.29 is 35.0 Å². The van der Waals surface area contributed by atoms with E-state index in [1.165, 1.54) is 0 Å². The number of ether oxygens (including phenoxy) is 2. The average molecular weight is 362 g/mol. The Kier molecular flexibility index (Phi) is 10.3. The molecular weight excluding hydrogens is 340 g/mol. The van der Waals surface area contributed by atoms with Gasteiger partial charge in [-0.1, -0.05) is 18.8 Å². The van der Waals surface area contributed by atoms with Crippen LogP contribution in [-0.4, -0.2) is 68.9 Å². The second-order valence-corrected chi connectivity index (χ2v) is 5.39. The van der Waals surface area contributed by atoms with Gasteiger partial charge in [0.1, 0.15) is 36.6 Å². The van der Waals surface area contributed by atoms with Gasteiger partial charge in [0.25, 0.3) is 0 Å². The highest BCUT2D eigenvalue weighted by Crippen LogP contribution is 2.23. The molecule has 2 unspecified atom stereocenters. The van der Waals surface area contributed by atoms with Crippen LogP contribution in [0.25, 0.3) is 0 Å². The predicted octanol–water partition coefficient (Wildman–Crippen LogP) is -1.29. The fourth-order valence-corrected chi connectivity index (χ4v) is 2.03. The zero-order valence-electron chi connectivity index (χ0n) is 14.3. The van der Waals surface area contributed by atoms with E-state index < -0.39 is 43.4 Å². The number of aliphatic hydroxyl groups is 5. The van der Waals surface area contributed by atoms with Crippen LogP contribution in [0.5, 0.6) is 0 Å². The molecule has 1 heterocycles. The van der Waals surface area contributed by atoms with Crippen LogP contribution in [0, 0.1) is 47.5 Å². The van der Waals surface area contributed by atoms with Crippen LogP contribution in [0.15, 0.2) is 0 Å². The Labute approximate surface area is 152 Å². The lowest BCUT2D eigenvalue weighted by atomic mass is 9.99. The molecule has 0 aromatic heterocycles. The molecule has 0 aromatic carbocycles. The molecule has 1 aliphatic rings. The summed E-state index contributed by atoms with van der Waals surface area (Å²) in [5, 5.41) is 47.3. The van der Waals surface area contributed by atoms with E-state index in [-0.39, 0.29) is 6.42 Å². The zero-order chi connectivity index (χ0) is 19.4. The standard InChI is InChI=1S/C19H22O7/c1-2-3-4-5-6-7-8-9-10-14(11-12-20)25-19-18(24)17(23)16(22)15(13-21)26-19/h14-24H,2-3,10,13H2,1H3/t14?,15-,16-,17+,18+,19?/m1/s1. The van der Waals surface area contributed by atoms with Gasteiger partial charge in [-0.15, -0.1) is 0 Å². The van der Waals surface area contributed by atoms with Gasteiger partial charge in [0, 0.05) is 12.8 Å². The lowest BCUT2D eigenvalue weighted by Gasteiger charge is -2.40. The smallest absolute Gasteiger partial charge is 0.188 e. The van der Waals surface area contributed by atoms with Gasteiger partial charge < -0.3 is 35.0 Å². The second-order valence-electron chi connectivity index (χ2n) is 5.39. The van der Waals surface area contributed by atoms with Gasteiger partial charge in [-0.05, 0) is 36.0 Å². The van der Waals surface area contributed by atoms with Crippen LogP contribution in [0.3, 0.4) is 0 Å². The molecule has 1 rings (SSSR count).